The van der Waals surface area contributed by atoms with E-state index in [1.165, 1.54) is 28.6 Å². The zero-order chi connectivity index (χ0) is 17.9. The van der Waals surface area contributed by atoms with Crippen LogP contribution in [0.25, 0.3) is 0 Å². The van der Waals surface area contributed by atoms with Crippen molar-refractivity contribution >= 4 is 27.6 Å². The topological polar surface area (TPSA) is 63.7 Å². The van der Waals surface area contributed by atoms with E-state index in [2.05, 4.69) is 0 Å². The molecule has 2 aromatic rings. The Labute approximate surface area is 152 Å². The first-order valence-electron chi connectivity index (χ1n) is 7.98. The summed E-state index contributed by atoms with van der Waals surface area (Å²) >= 11 is 5.81. The first-order chi connectivity index (χ1) is 12.0. The standard InChI is InChI=1S/C18H18ClNO4S/c19-16-7-3-14(4-8-16)13-24-18(21)15-5-9-17(10-6-15)25(22,23)20-11-1-2-12-20/h3-10H,1-2,11-13H2. The van der Waals surface area contributed by atoms with Gasteiger partial charge in [-0.05, 0) is 54.8 Å². The molecule has 0 aromatic heterocycles. The second-order valence-electron chi connectivity index (χ2n) is 5.84. The Balaban J connectivity index is 1.65. The van der Waals surface area contributed by atoms with Crippen molar-refractivity contribution in [2.45, 2.75) is 24.3 Å². The van der Waals surface area contributed by atoms with E-state index in [-0.39, 0.29) is 11.5 Å². The fraction of sp³-hybridized carbons (Fsp3) is 0.278. The van der Waals surface area contributed by atoms with Gasteiger partial charge in [-0.1, -0.05) is 23.7 Å². The summed E-state index contributed by atoms with van der Waals surface area (Å²) in [6, 6.07) is 12.9. The molecule has 0 aliphatic carbocycles. The number of benzene rings is 2. The molecule has 132 valence electrons. The fourth-order valence-electron chi connectivity index (χ4n) is 2.65. The first-order valence-corrected chi connectivity index (χ1v) is 9.80. The number of halogens is 1. The molecule has 0 atom stereocenters. The zero-order valence-corrected chi connectivity index (χ0v) is 15.1. The number of carbonyl (C=O) groups is 1. The predicted molar refractivity (Wildman–Crippen MR) is 95.0 cm³/mol. The van der Waals surface area contributed by atoms with Crippen LogP contribution in [0.5, 0.6) is 0 Å². The van der Waals surface area contributed by atoms with Gasteiger partial charge in [0.2, 0.25) is 10.0 Å². The van der Waals surface area contributed by atoms with Crippen molar-refractivity contribution in [1.82, 2.24) is 4.31 Å². The highest BCUT2D eigenvalue weighted by Gasteiger charge is 2.27. The molecule has 25 heavy (non-hydrogen) atoms. The Morgan fingerprint density at radius 3 is 2.20 bits per heavy atom. The van der Waals surface area contributed by atoms with E-state index in [0.29, 0.717) is 23.7 Å². The van der Waals surface area contributed by atoms with Crippen LogP contribution in [0.2, 0.25) is 5.02 Å². The van der Waals surface area contributed by atoms with Crippen molar-refractivity contribution < 1.29 is 17.9 Å². The molecule has 7 heteroatoms. The van der Waals surface area contributed by atoms with Crippen LogP contribution in [-0.4, -0.2) is 31.8 Å². The van der Waals surface area contributed by atoms with Crippen molar-refractivity contribution in [3.05, 3.63) is 64.7 Å². The van der Waals surface area contributed by atoms with Gasteiger partial charge in [-0.2, -0.15) is 4.31 Å². The van der Waals surface area contributed by atoms with Crippen LogP contribution in [-0.2, 0) is 21.4 Å². The monoisotopic (exact) mass is 379 g/mol. The Morgan fingerprint density at radius 1 is 1.00 bits per heavy atom. The average Bonchev–Trinajstić information content (AvgIpc) is 3.16. The summed E-state index contributed by atoms with van der Waals surface area (Å²) < 4.78 is 31.6. The van der Waals surface area contributed by atoms with Crippen LogP contribution < -0.4 is 0 Å². The van der Waals surface area contributed by atoms with E-state index in [4.69, 9.17) is 16.3 Å². The van der Waals surface area contributed by atoms with Crippen LogP contribution in [0, 0.1) is 0 Å². The Morgan fingerprint density at radius 2 is 1.60 bits per heavy atom. The second-order valence-corrected chi connectivity index (χ2v) is 8.21. The number of hydrogen-bond acceptors (Lipinski definition) is 4. The molecular weight excluding hydrogens is 362 g/mol. The summed E-state index contributed by atoms with van der Waals surface area (Å²) in [6.45, 7) is 1.23. The van der Waals surface area contributed by atoms with Gasteiger partial charge in [-0.25, -0.2) is 13.2 Å². The lowest BCUT2D eigenvalue weighted by molar-refractivity contribution is 0.0472. The summed E-state index contributed by atoms with van der Waals surface area (Å²) in [5.41, 5.74) is 1.14. The average molecular weight is 380 g/mol. The molecule has 0 bridgehead atoms. The third-order valence-electron chi connectivity index (χ3n) is 4.08. The number of hydrogen-bond donors (Lipinski definition) is 0. The van der Waals surface area contributed by atoms with Gasteiger partial charge in [0.05, 0.1) is 10.5 Å². The summed E-state index contributed by atoms with van der Waals surface area (Å²) in [5, 5.41) is 0.616. The van der Waals surface area contributed by atoms with Crippen LogP contribution in [0.4, 0.5) is 0 Å². The molecular formula is C18H18ClNO4S. The van der Waals surface area contributed by atoms with Crippen LogP contribution >= 0.6 is 11.6 Å². The van der Waals surface area contributed by atoms with Gasteiger partial charge in [-0.3, -0.25) is 0 Å². The normalized spacial score (nSPS) is 15.2. The maximum atomic E-state index is 12.5. The Bertz CT molecular complexity index is 842. The van der Waals surface area contributed by atoms with Crippen LogP contribution in [0.1, 0.15) is 28.8 Å². The predicted octanol–water partition coefficient (Wildman–Crippen LogP) is 3.48. The highest BCUT2D eigenvalue weighted by Crippen LogP contribution is 2.21. The van der Waals surface area contributed by atoms with E-state index in [1.54, 1.807) is 24.3 Å². The number of sulfonamides is 1. The van der Waals surface area contributed by atoms with E-state index >= 15 is 0 Å². The molecule has 0 radical (unpaired) electrons. The largest absolute Gasteiger partial charge is 0.457 e. The lowest BCUT2D eigenvalue weighted by Gasteiger charge is -2.15. The molecule has 1 aliphatic heterocycles. The zero-order valence-electron chi connectivity index (χ0n) is 13.5. The Kier molecular flexibility index (Phi) is 5.42. The van der Waals surface area contributed by atoms with Gasteiger partial charge < -0.3 is 4.74 Å². The smallest absolute Gasteiger partial charge is 0.338 e. The molecule has 1 saturated heterocycles. The van der Waals surface area contributed by atoms with Gasteiger partial charge in [0, 0.05) is 18.1 Å². The van der Waals surface area contributed by atoms with Crippen molar-refractivity contribution in [2.75, 3.05) is 13.1 Å². The maximum absolute atomic E-state index is 12.5. The quantitative estimate of drug-likeness (QED) is 0.746. The summed E-state index contributed by atoms with van der Waals surface area (Å²) in [4.78, 5) is 12.3. The molecule has 2 aromatic carbocycles. The molecule has 1 fully saturated rings. The number of ether oxygens (including phenoxy) is 1. The maximum Gasteiger partial charge on any atom is 0.338 e. The van der Waals surface area contributed by atoms with E-state index in [1.807, 2.05) is 0 Å². The van der Waals surface area contributed by atoms with Gasteiger partial charge in [0.1, 0.15) is 6.61 Å². The summed E-state index contributed by atoms with van der Waals surface area (Å²) in [6.07, 6.45) is 1.77. The van der Waals surface area contributed by atoms with E-state index in [0.717, 1.165) is 18.4 Å². The highest BCUT2D eigenvalue weighted by atomic mass is 35.5. The van der Waals surface area contributed by atoms with E-state index < -0.39 is 16.0 Å². The molecule has 3 rings (SSSR count). The minimum atomic E-state index is -3.47. The first kappa shape index (κ1) is 17.9. The molecule has 0 N–H and O–H groups in total. The van der Waals surface area contributed by atoms with Crippen molar-refractivity contribution in [3.8, 4) is 0 Å². The highest BCUT2D eigenvalue weighted by molar-refractivity contribution is 7.89. The van der Waals surface area contributed by atoms with Gasteiger partial charge in [0.15, 0.2) is 0 Å². The lowest BCUT2D eigenvalue weighted by Crippen LogP contribution is -2.27. The lowest BCUT2D eigenvalue weighted by atomic mass is 10.2. The minimum Gasteiger partial charge on any atom is -0.457 e. The molecule has 1 aliphatic rings. The van der Waals surface area contributed by atoms with Crippen LogP contribution in [0.3, 0.4) is 0 Å². The summed E-state index contributed by atoms with van der Waals surface area (Å²) in [7, 11) is -3.47. The second kappa shape index (κ2) is 7.56. The SMILES string of the molecule is O=C(OCc1ccc(Cl)cc1)c1ccc(S(=O)(=O)N2CCCC2)cc1. The van der Waals surface area contributed by atoms with Gasteiger partial charge in [-0.15, -0.1) is 0 Å². The van der Waals surface area contributed by atoms with Gasteiger partial charge >= 0.3 is 5.97 Å². The van der Waals surface area contributed by atoms with Crippen molar-refractivity contribution in [1.29, 1.82) is 0 Å². The van der Waals surface area contributed by atoms with Crippen molar-refractivity contribution in [3.63, 3.8) is 0 Å². The number of carbonyl (C=O) groups excluding carboxylic acids is 1. The van der Waals surface area contributed by atoms with Gasteiger partial charge in [0.25, 0.3) is 0 Å². The minimum absolute atomic E-state index is 0.129. The molecule has 0 saturated carbocycles. The van der Waals surface area contributed by atoms with Crippen molar-refractivity contribution in [2.24, 2.45) is 0 Å². The number of esters is 1. The molecule has 5 nitrogen and oxygen atoms in total. The third kappa shape index (κ3) is 4.21. The van der Waals surface area contributed by atoms with E-state index in [9.17, 15) is 13.2 Å². The molecule has 0 unspecified atom stereocenters. The Hall–Kier alpha value is -1.89. The third-order valence-corrected chi connectivity index (χ3v) is 6.24. The molecule has 0 spiro atoms. The molecule has 0 amide bonds. The molecule has 1 heterocycles. The summed E-state index contributed by atoms with van der Waals surface area (Å²) in [5.74, 6) is -0.500. The van der Waals surface area contributed by atoms with Crippen LogP contribution in [0.15, 0.2) is 53.4 Å². The number of rotatable bonds is 5. The number of nitrogens with zero attached hydrogens (tertiary/aromatic N) is 1. The fourth-order valence-corrected chi connectivity index (χ4v) is 4.30.